The van der Waals surface area contributed by atoms with Gasteiger partial charge in [0.25, 0.3) is 0 Å². The SMILES string of the molecule is CCCCCCCCCCCCC1OCC(COC(=O)NCC(O)CSO)O1. The summed E-state index contributed by atoms with van der Waals surface area (Å²) in [4.78, 5) is 11.6. The predicted octanol–water partition coefficient (Wildman–Crippen LogP) is 4.33. The Morgan fingerprint density at radius 1 is 1.14 bits per heavy atom. The Balaban J connectivity index is 1.92. The molecule has 3 unspecified atom stereocenters. The normalized spacial score (nSPS) is 20.2. The largest absolute Gasteiger partial charge is 0.447 e. The lowest BCUT2D eigenvalue weighted by molar-refractivity contribution is -0.0710. The molecule has 0 radical (unpaired) electrons. The van der Waals surface area contributed by atoms with E-state index in [1.165, 1.54) is 57.8 Å². The number of aliphatic hydroxyl groups excluding tert-OH is 1. The number of unbranched alkanes of at least 4 members (excludes halogenated alkanes) is 9. The monoisotopic (exact) mass is 421 g/mol. The summed E-state index contributed by atoms with van der Waals surface area (Å²) in [6, 6.07) is 0. The third kappa shape index (κ3) is 13.6. The molecule has 0 aliphatic carbocycles. The zero-order chi connectivity index (χ0) is 20.5. The van der Waals surface area contributed by atoms with Crippen molar-refractivity contribution in [3.05, 3.63) is 0 Å². The maximum atomic E-state index is 11.6. The van der Waals surface area contributed by atoms with E-state index < -0.39 is 12.2 Å². The van der Waals surface area contributed by atoms with E-state index in [9.17, 15) is 9.90 Å². The highest BCUT2D eigenvalue weighted by atomic mass is 32.2. The van der Waals surface area contributed by atoms with Crippen LogP contribution < -0.4 is 5.32 Å². The van der Waals surface area contributed by atoms with Gasteiger partial charge in [0.15, 0.2) is 6.29 Å². The minimum Gasteiger partial charge on any atom is -0.447 e. The van der Waals surface area contributed by atoms with Crippen LogP contribution in [0.3, 0.4) is 0 Å². The number of nitrogens with one attached hydrogen (secondary N) is 1. The van der Waals surface area contributed by atoms with Crippen molar-refractivity contribution >= 4 is 18.1 Å². The van der Waals surface area contributed by atoms with Crippen molar-refractivity contribution in [3.63, 3.8) is 0 Å². The maximum Gasteiger partial charge on any atom is 0.407 e. The first kappa shape index (κ1) is 25.5. The second kappa shape index (κ2) is 17.3. The van der Waals surface area contributed by atoms with E-state index in [1.54, 1.807) is 0 Å². The first-order chi connectivity index (χ1) is 13.7. The van der Waals surface area contributed by atoms with Gasteiger partial charge >= 0.3 is 6.09 Å². The van der Waals surface area contributed by atoms with Crippen LogP contribution in [0.1, 0.15) is 77.6 Å². The Hall–Kier alpha value is -0.540. The zero-order valence-corrected chi connectivity index (χ0v) is 18.1. The number of aliphatic hydroxyl groups is 1. The third-order valence-corrected chi connectivity index (χ3v) is 5.29. The Morgan fingerprint density at radius 2 is 1.79 bits per heavy atom. The van der Waals surface area contributed by atoms with Gasteiger partial charge in [-0.25, -0.2) is 4.79 Å². The highest BCUT2D eigenvalue weighted by Gasteiger charge is 2.26. The molecule has 0 aromatic carbocycles. The van der Waals surface area contributed by atoms with Crippen molar-refractivity contribution in [2.45, 2.75) is 96.1 Å². The molecule has 1 amide bonds. The van der Waals surface area contributed by atoms with E-state index in [-0.39, 0.29) is 31.3 Å². The van der Waals surface area contributed by atoms with Gasteiger partial charge in [-0.15, -0.1) is 0 Å². The van der Waals surface area contributed by atoms with Gasteiger partial charge in [0.2, 0.25) is 0 Å². The lowest BCUT2D eigenvalue weighted by atomic mass is 10.1. The standard InChI is InChI=1S/C20H39NO6S/c1-2-3-4-5-6-7-8-9-10-11-12-19-25-14-18(27-19)15-26-20(23)21-13-17(22)16-28-24/h17-19,22,24H,2-16H2,1H3,(H,21,23). The molecule has 1 aliphatic heterocycles. The fourth-order valence-electron chi connectivity index (χ4n) is 3.11. The number of hydrogen-bond donors (Lipinski definition) is 3. The number of alkyl carbamates (subject to hydrolysis) is 1. The lowest BCUT2D eigenvalue weighted by Gasteiger charge is -2.13. The molecule has 8 heteroatoms. The highest BCUT2D eigenvalue weighted by Crippen LogP contribution is 2.19. The predicted molar refractivity (Wildman–Crippen MR) is 112 cm³/mol. The van der Waals surface area contributed by atoms with Gasteiger partial charge in [0.1, 0.15) is 12.7 Å². The Morgan fingerprint density at radius 3 is 2.43 bits per heavy atom. The highest BCUT2D eigenvalue weighted by molar-refractivity contribution is 7.93. The summed E-state index contributed by atoms with van der Waals surface area (Å²) >= 11 is 0.532. The van der Waals surface area contributed by atoms with Gasteiger partial charge < -0.3 is 29.2 Å². The third-order valence-electron chi connectivity index (χ3n) is 4.75. The number of ether oxygens (including phenoxy) is 3. The van der Waals surface area contributed by atoms with Crippen molar-refractivity contribution < 1.29 is 28.7 Å². The fourth-order valence-corrected chi connectivity index (χ4v) is 3.40. The second-order valence-corrected chi connectivity index (χ2v) is 8.01. The van der Waals surface area contributed by atoms with Gasteiger partial charge in [-0.1, -0.05) is 64.7 Å². The first-order valence-corrected chi connectivity index (χ1v) is 11.7. The van der Waals surface area contributed by atoms with Gasteiger partial charge in [-0.2, -0.15) is 0 Å². The van der Waals surface area contributed by atoms with Crippen molar-refractivity contribution in [1.82, 2.24) is 5.32 Å². The average Bonchev–Trinajstić information content (AvgIpc) is 3.14. The van der Waals surface area contributed by atoms with Crippen LogP contribution >= 0.6 is 12.0 Å². The molecule has 0 saturated carbocycles. The molecule has 28 heavy (non-hydrogen) atoms. The summed E-state index contributed by atoms with van der Waals surface area (Å²) in [5, 5.41) is 11.9. The van der Waals surface area contributed by atoms with Gasteiger partial charge in [0, 0.05) is 12.3 Å². The summed E-state index contributed by atoms with van der Waals surface area (Å²) in [7, 11) is 0. The molecule has 7 nitrogen and oxygen atoms in total. The number of carbonyl (C=O) groups excluding carboxylic acids is 1. The van der Waals surface area contributed by atoms with Crippen molar-refractivity contribution in [2.24, 2.45) is 0 Å². The van der Waals surface area contributed by atoms with Crippen LogP contribution in [0.4, 0.5) is 4.79 Å². The van der Waals surface area contributed by atoms with E-state index in [1.807, 2.05) is 0 Å². The molecule has 1 heterocycles. The Bertz CT molecular complexity index is 388. The summed E-state index contributed by atoms with van der Waals surface area (Å²) < 4.78 is 25.0. The second-order valence-electron chi connectivity index (χ2n) is 7.42. The molecule has 1 rings (SSSR count). The van der Waals surface area contributed by atoms with Crippen LogP contribution in [0.5, 0.6) is 0 Å². The summed E-state index contributed by atoms with van der Waals surface area (Å²) in [6.45, 7) is 2.85. The smallest absolute Gasteiger partial charge is 0.407 e. The Labute approximate surface area is 174 Å². The van der Waals surface area contributed by atoms with Crippen molar-refractivity contribution in [2.75, 3.05) is 25.5 Å². The molecule has 3 N–H and O–H groups in total. The van der Waals surface area contributed by atoms with Crippen LogP contribution in [0.15, 0.2) is 0 Å². The molecule has 1 aliphatic rings. The Kier molecular flexibility index (Phi) is 15.8. The van der Waals surface area contributed by atoms with Crippen LogP contribution in [-0.2, 0) is 14.2 Å². The lowest BCUT2D eigenvalue weighted by Crippen LogP contribution is -2.35. The molecule has 3 atom stereocenters. The van der Waals surface area contributed by atoms with Crippen molar-refractivity contribution in [3.8, 4) is 0 Å². The van der Waals surface area contributed by atoms with Gasteiger partial charge in [0.05, 0.1) is 12.7 Å². The molecule has 0 spiro atoms. The van der Waals surface area contributed by atoms with Crippen LogP contribution in [0, 0.1) is 0 Å². The van der Waals surface area contributed by atoms with E-state index in [4.69, 9.17) is 18.8 Å². The first-order valence-electron chi connectivity index (χ1n) is 10.8. The van der Waals surface area contributed by atoms with E-state index in [2.05, 4.69) is 12.2 Å². The number of amides is 1. The summed E-state index contributed by atoms with van der Waals surface area (Å²) in [5.74, 6) is 0.139. The number of hydrogen-bond acceptors (Lipinski definition) is 7. The van der Waals surface area contributed by atoms with Crippen LogP contribution in [0.25, 0.3) is 0 Å². The topological polar surface area (TPSA) is 97.3 Å². The molecule has 166 valence electrons. The fraction of sp³-hybridized carbons (Fsp3) is 0.950. The average molecular weight is 422 g/mol. The summed E-state index contributed by atoms with van der Waals surface area (Å²) in [5.41, 5.74) is 0. The van der Waals surface area contributed by atoms with E-state index in [0.29, 0.717) is 18.6 Å². The van der Waals surface area contributed by atoms with E-state index >= 15 is 0 Å². The molecule has 0 aromatic rings. The minimum atomic E-state index is -0.806. The van der Waals surface area contributed by atoms with Gasteiger partial charge in [-0.05, 0) is 24.9 Å². The van der Waals surface area contributed by atoms with Crippen molar-refractivity contribution in [1.29, 1.82) is 0 Å². The minimum absolute atomic E-state index is 0.0375. The number of carbonyl (C=O) groups is 1. The van der Waals surface area contributed by atoms with E-state index in [0.717, 1.165) is 12.8 Å². The molecular formula is C20H39NO6S. The molecular weight excluding hydrogens is 382 g/mol. The quantitative estimate of drug-likeness (QED) is 0.237. The number of rotatable bonds is 17. The molecule has 0 aromatic heterocycles. The maximum absolute atomic E-state index is 11.6. The van der Waals surface area contributed by atoms with Gasteiger partial charge in [-0.3, -0.25) is 0 Å². The molecule has 0 bridgehead atoms. The summed E-state index contributed by atoms with van der Waals surface area (Å²) in [6.07, 6.45) is 12.0. The zero-order valence-electron chi connectivity index (χ0n) is 17.3. The molecule has 1 fully saturated rings. The van der Waals surface area contributed by atoms with Crippen LogP contribution in [0.2, 0.25) is 0 Å². The van der Waals surface area contributed by atoms with Crippen LogP contribution in [-0.4, -0.2) is 59.8 Å². The molecule has 1 saturated heterocycles.